The summed E-state index contributed by atoms with van der Waals surface area (Å²) in [6.45, 7) is 0.302. The topological polar surface area (TPSA) is 44.2 Å². The third kappa shape index (κ3) is 3.79. The Morgan fingerprint density at radius 1 is 1.26 bits per heavy atom. The number of ether oxygens (including phenoxy) is 2. The highest BCUT2D eigenvalue weighted by atomic mass is 35.5. The molecule has 0 fully saturated rings. The summed E-state index contributed by atoms with van der Waals surface area (Å²) in [4.78, 5) is 7.18. The predicted octanol–water partition coefficient (Wildman–Crippen LogP) is 2.90. The average molecular weight is 283 g/mol. The standard InChI is InChI=1S/C13H12ClFN2O2/c1-18-10-4-2-9(3-5-10)6-7-19-12-11(15)8-16-13(14)17-12/h2-5,8H,6-7H2,1H3. The monoisotopic (exact) mass is 282 g/mol. The van der Waals surface area contributed by atoms with Crippen LogP contribution in [0, 0.1) is 5.82 Å². The normalized spacial score (nSPS) is 10.3. The Morgan fingerprint density at radius 2 is 2.00 bits per heavy atom. The predicted molar refractivity (Wildman–Crippen MR) is 69.2 cm³/mol. The molecule has 19 heavy (non-hydrogen) atoms. The van der Waals surface area contributed by atoms with Crippen LogP contribution in [0.25, 0.3) is 0 Å². The van der Waals surface area contributed by atoms with Crippen LogP contribution in [-0.4, -0.2) is 23.7 Å². The van der Waals surface area contributed by atoms with E-state index >= 15 is 0 Å². The van der Waals surface area contributed by atoms with E-state index in [1.807, 2.05) is 24.3 Å². The van der Waals surface area contributed by atoms with Crippen molar-refractivity contribution in [2.75, 3.05) is 13.7 Å². The second-order valence-electron chi connectivity index (χ2n) is 3.74. The second kappa shape index (κ2) is 6.33. The summed E-state index contributed by atoms with van der Waals surface area (Å²) in [6.07, 6.45) is 1.61. The van der Waals surface area contributed by atoms with Gasteiger partial charge in [0.1, 0.15) is 5.75 Å². The summed E-state index contributed by atoms with van der Waals surface area (Å²) >= 11 is 5.56. The Morgan fingerprint density at radius 3 is 2.68 bits per heavy atom. The lowest BCUT2D eigenvalue weighted by Crippen LogP contribution is -2.05. The van der Waals surface area contributed by atoms with Crippen LogP contribution in [0.1, 0.15) is 5.56 Å². The van der Waals surface area contributed by atoms with Crippen molar-refractivity contribution in [1.29, 1.82) is 0 Å². The van der Waals surface area contributed by atoms with Crippen molar-refractivity contribution < 1.29 is 13.9 Å². The van der Waals surface area contributed by atoms with E-state index in [0.717, 1.165) is 17.5 Å². The van der Waals surface area contributed by atoms with Crippen LogP contribution in [0.2, 0.25) is 5.28 Å². The van der Waals surface area contributed by atoms with E-state index in [-0.39, 0.29) is 11.2 Å². The number of hydrogen-bond donors (Lipinski definition) is 0. The lowest BCUT2D eigenvalue weighted by molar-refractivity contribution is 0.291. The number of benzene rings is 1. The Kier molecular flexibility index (Phi) is 4.52. The van der Waals surface area contributed by atoms with Gasteiger partial charge in [0.2, 0.25) is 11.1 Å². The van der Waals surface area contributed by atoms with E-state index in [9.17, 15) is 4.39 Å². The molecule has 0 saturated carbocycles. The van der Waals surface area contributed by atoms with E-state index < -0.39 is 5.82 Å². The zero-order chi connectivity index (χ0) is 13.7. The van der Waals surface area contributed by atoms with E-state index in [1.165, 1.54) is 0 Å². The van der Waals surface area contributed by atoms with Crippen molar-refractivity contribution in [3.63, 3.8) is 0 Å². The summed E-state index contributed by atoms with van der Waals surface area (Å²) < 4.78 is 23.6. The third-order valence-electron chi connectivity index (χ3n) is 2.47. The van der Waals surface area contributed by atoms with Gasteiger partial charge < -0.3 is 9.47 Å². The second-order valence-corrected chi connectivity index (χ2v) is 4.08. The first-order chi connectivity index (χ1) is 9.19. The first-order valence-electron chi connectivity index (χ1n) is 5.63. The molecule has 0 atom stereocenters. The molecule has 0 unspecified atom stereocenters. The maximum absolute atomic E-state index is 13.3. The Bertz CT molecular complexity index is 549. The lowest BCUT2D eigenvalue weighted by Gasteiger charge is -2.06. The molecule has 0 aliphatic rings. The fraction of sp³-hybridized carbons (Fsp3) is 0.231. The summed E-state index contributed by atoms with van der Waals surface area (Å²) in [5, 5.41) is -0.0409. The maximum Gasteiger partial charge on any atom is 0.254 e. The zero-order valence-corrected chi connectivity index (χ0v) is 11.0. The molecule has 0 radical (unpaired) electrons. The van der Waals surface area contributed by atoms with Gasteiger partial charge in [0.15, 0.2) is 0 Å². The van der Waals surface area contributed by atoms with Crippen molar-refractivity contribution >= 4 is 11.6 Å². The zero-order valence-electron chi connectivity index (χ0n) is 10.3. The van der Waals surface area contributed by atoms with E-state index in [1.54, 1.807) is 7.11 Å². The summed E-state index contributed by atoms with van der Waals surface area (Å²) in [7, 11) is 1.61. The third-order valence-corrected chi connectivity index (χ3v) is 2.65. The molecule has 0 aliphatic heterocycles. The van der Waals surface area contributed by atoms with Crippen molar-refractivity contribution in [2.24, 2.45) is 0 Å². The summed E-state index contributed by atoms with van der Waals surface area (Å²) in [5.41, 5.74) is 1.06. The highest BCUT2D eigenvalue weighted by molar-refractivity contribution is 6.28. The van der Waals surface area contributed by atoms with Gasteiger partial charge in [-0.1, -0.05) is 12.1 Å². The SMILES string of the molecule is COc1ccc(CCOc2nc(Cl)ncc2F)cc1. The van der Waals surface area contributed by atoms with Crippen LogP contribution >= 0.6 is 11.6 Å². The van der Waals surface area contributed by atoms with Crippen molar-refractivity contribution in [3.05, 3.63) is 47.1 Å². The molecular weight excluding hydrogens is 271 g/mol. The fourth-order valence-electron chi connectivity index (χ4n) is 1.49. The van der Waals surface area contributed by atoms with Crippen LogP contribution < -0.4 is 9.47 Å². The minimum atomic E-state index is -0.626. The van der Waals surface area contributed by atoms with Gasteiger partial charge in [0.05, 0.1) is 19.9 Å². The molecule has 2 rings (SSSR count). The van der Waals surface area contributed by atoms with Crippen LogP contribution in [0.3, 0.4) is 0 Å². The molecule has 0 bridgehead atoms. The number of methoxy groups -OCH3 is 1. The molecule has 1 aromatic carbocycles. The highest BCUT2D eigenvalue weighted by Gasteiger charge is 2.07. The summed E-state index contributed by atoms with van der Waals surface area (Å²) in [6, 6.07) is 7.56. The molecule has 1 aromatic heterocycles. The molecule has 0 N–H and O–H groups in total. The van der Waals surface area contributed by atoms with Crippen molar-refractivity contribution in [1.82, 2.24) is 9.97 Å². The summed E-state index contributed by atoms with van der Waals surface area (Å²) in [5.74, 6) is 0.0333. The highest BCUT2D eigenvalue weighted by Crippen LogP contribution is 2.16. The van der Waals surface area contributed by atoms with E-state index in [4.69, 9.17) is 21.1 Å². The molecule has 0 aliphatic carbocycles. The van der Waals surface area contributed by atoms with Gasteiger partial charge in [-0.3, -0.25) is 0 Å². The van der Waals surface area contributed by atoms with Crippen molar-refractivity contribution in [3.8, 4) is 11.6 Å². The van der Waals surface area contributed by atoms with Gasteiger partial charge in [0.25, 0.3) is 5.88 Å². The number of nitrogens with zero attached hydrogens (tertiary/aromatic N) is 2. The molecule has 0 amide bonds. The molecule has 2 aromatic rings. The van der Waals surface area contributed by atoms with Crippen LogP contribution in [0.4, 0.5) is 4.39 Å². The largest absolute Gasteiger partial charge is 0.497 e. The van der Waals surface area contributed by atoms with Crippen LogP contribution in [-0.2, 0) is 6.42 Å². The molecule has 6 heteroatoms. The van der Waals surface area contributed by atoms with Gasteiger partial charge in [-0.05, 0) is 29.3 Å². The molecule has 4 nitrogen and oxygen atoms in total. The number of halogens is 2. The van der Waals surface area contributed by atoms with E-state index in [2.05, 4.69) is 9.97 Å². The maximum atomic E-state index is 13.3. The fourth-order valence-corrected chi connectivity index (χ4v) is 1.62. The Hall–Kier alpha value is -1.88. The van der Waals surface area contributed by atoms with Gasteiger partial charge in [-0.2, -0.15) is 9.37 Å². The quantitative estimate of drug-likeness (QED) is 0.791. The van der Waals surface area contributed by atoms with E-state index in [0.29, 0.717) is 13.0 Å². The van der Waals surface area contributed by atoms with Gasteiger partial charge in [-0.15, -0.1) is 0 Å². The molecule has 0 spiro atoms. The number of rotatable bonds is 5. The minimum Gasteiger partial charge on any atom is -0.497 e. The van der Waals surface area contributed by atoms with Crippen LogP contribution in [0.5, 0.6) is 11.6 Å². The minimum absolute atomic E-state index is 0.0409. The number of aromatic nitrogens is 2. The van der Waals surface area contributed by atoms with Gasteiger partial charge >= 0.3 is 0 Å². The lowest BCUT2D eigenvalue weighted by atomic mass is 10.1. The Labute approximate surface area is 115 Å². The van der Waals surface area contributed by atoms with Crippen molar-refractivity contribution in [2.45, 2.75) is 6.42 Å². The Balaban J connectivity index is 1.90. The number of hydrogen-bond acceptors (Lipinski definition) is 4. The molecule has 1 heterocycles. The smallest absolute Gasteiger partial charge is 0.254 e. The molecule has 0 saturated heterocycles. The first-order valence-corrected chi connectivity index (χ1v) is 6.00. The molecule has 100 valence electrons. The van der Waals surface area contributed by atoms with Gasteiger partial charge in [-0.25, -0.2) is 4.98 Å². The van der Waals surface area contributed by atoms with Gasteiger partial charge in [0, 0.05) is 6.42 Å². The first kappa shape index (κ1) is 13.5. The molecular formula is C13H12ClFN2O2. The average Bonchev–Trinajstić information content (AvgIpc) is 2.43. The van der Waals surface area contributed by atoms with Crippen LogP contribution in [0.15, 0.2) is 30.5 Å².